The van der Waals surface area contributed by atoms with Crippen molar-refractivity contribution in [2.24, 2.45) is 0 Å². The largest absolute Gasteiger partial charge is 0.458 e. The van der Waals surface area contributed by atoms with Gasteiger partial charge in [-0.2, -0.15) is 0 Å². The fourth-order valence-electron chi connectivity index (χ4n) is 4.28. The van der Waals surface area contributed by atoms with E-state index in [9.17, 15) is 19.2 Å². The average molecular weight is 593 g/mol. The summed E-state index contributed by atoms with van der Waals surface area (Å²) >= 11 is 0. The predicted molar refractivity (Wildman–Crippen MR) is 163 cm³/mol. The maximum absolute atomic E-state index is 13.1. The summed E-state index contributed by atoms with van der Waals surface area (Å²) in [5.41, 5.74) is 1.28. The van der Waals surface area contributed by atoms with Crippen LogP contribution in [-0.4, -0.2) is 48.8 Å². The summed E-state index contributed by atoms with van der Waals surface area (Å²) < 4.78 is 22.8. The Morgan fingerprint density at radius 2 is 0.864 bits per heavy atom. The van der Waals surface area contributed by atoms with Crippen molar-refractivity contribution in [1.82, 2.24) is 0 Å². The lowest BCUT2D eigenvalue weighted by Crippen LogP contribution is -2.34. The van der Waals surface area contributed by atoms with E-state index in [1.54, 1.807) is 121 Å². The highest BCUT2D eigenvalue weighted by molar-refractivity contribution is 5.91. The van der Waals surface area contributed by atoms with E-state index in [0.29, 0.717) is 22.3 Å². The maximum atomic E-state index is 13.1. The van der Waals surface area contributed by atoms with Crippen LogP contribution in [0.5, 0.6) is 0 Å². The molecular formula is C36H32O8. The van der Waals surface area contributed by atoms with Gasteiger partial charge in [0.05, 0.1) is 22.3 Å². The molecule has 4 aromatic carbocycles. The summed E-state index contributed by atoms with van der Waals surface area (Å²) in [5.74, 6) is -2.45. The summed E-state index contributed by atoms with van der Waals surface area (Å²) in [6, 6.07) is 33.6. The van der Waals surface area contributed by atoms with Crippen LogP contribution in [-0.2, 0) is 18.9 Å². The van der Waals surface area contributed by atoms with Crippen molar-refractivity contribution in [2.75, 3.05) is 6.61 Å². The molecule has 0 aliphatic heterocycles. The van der Waals surface area contributed by atoms with Gasteiger partial charge in [-0.1, -0.05) is 85.5 Å². The molecule has 3 atom stereocenters. The zero-order chi connectivity index (χ0) is 31.1. The fraction of sp³-hybridized carbons (Fsp3) is 0.167. The molecule has 0 aliphatic carbocycles. The number of carbonyl (C=O) groups excluding carboxylic acids is 4. The lowest BCUT2D eigenvalue weighted by Gasteiger charge is -2.26. The molecule has 8 nitrogen and oxygen atoms in total. The highest BCUT2D eigenvalue weighted by atomic mass is 16.6. The Bertz CT molecular complexity index is 1520. The summed E-state index contributed by atoms with van der Waals surface area (Å²) in [7, 11) is 0. The van der Waals surface area contributed by atoms with Gasteiger partial charge in [-0.15, -0.1) is 0 Å². The Balaban J connectivity index is 1.55. The molecule has 0 unspecified atom stereocenters. The van der Waals surface area contributed by atoms with Gasteiger partial charge in [0.2, 0.25) is 0 Å². The van der Waals surface area contributed by atoms with Crippen molar-refractivity contribution < 1.29 is 38.1 Å². The van der Waals surface area contributed by atoms with Gasteiger partial charge in [0.15, 0.2) is 0 Å². The van der Waals surface area contributed by atoms with E-state index in [-0.39, 0.29) is 19.4 Å². The first-order chi connectivity index (χ1) is 21.4. The number of carbonyl (C=O) groups is 4. The second kappa shape index (κ2) is 16.2. The molecule has 0 heterocycles. The van der Waals surface area contributed by atoms with Gasteiger partial charge < -0.3 is 18.9 Å². The molecule has 0 saturated heterocycles. The summed E-state index contributed by atoms with van der Waals surface area (Å²) in [4.78, 5) is 51.6. The van der Waals surface area contributed by atoms with Crippen LogP contribution in [0.1, 0.15) is 54.3 Å². The molecule has 0 radical (unpaired) electrons. The molecule has 0 N–H and O–H groups in total. The van der Waals surface area contributed by atoms with Gasteiger partial charge in [-0.05, 0) is 48.5 Å². The standard InChI is InChI=1S/C36H32O8/c1-2-30(42-34(38)27-17-9-4-10-18-27)23-31(43-35(39)28-19-11-5-12-20-28)24-32(44-36(40)29-21-13-6-14-22-29)25-41-33(37)26-15-7-3-8-16-26/h2-22,30-32H,1,23-25H2/t30-,31-,32-/m0/s1. The SMILES string of the molecule is C=C[C@@H](C[C@@H](C[C@@H](COC(=O)c1ccccc1)OC(=O)c1ccccc1)OC(=O)c1ccccc1)OC(=O)c1ccccc1. The smallest absolute Gasteiger partial charge is 0.338 e. The number of esters is 4. The molecule has 0 amide bonds. The second-order valence-corrected chi connectivity index (χ2v) is 9.77. The molecule has 0 saturated carbocycles. The molecule has 4 rings (SSSR count). The van der Waals surface area contributed by atoms with Gasteiger partial charge in [0, 0.05) is 12.8 Å². The van der Waals surface area contributed by atoms with Gasteiger partial charge in [-0.3, -0.25) is 0 Å². The van der Waals surface area contributed by atoms with E-state index in [4.69, 9.17) is 18.9 Å². The van der Waals surface area contributed by atoms with Crippen molar-refractivity contribution >= 4 is 23.9 Å². The Hall–Kier alpha value is -5.50. The fourth-order valence-corrected chi connectivity index (χ4v) is 4.28. The highest BCUT2D eigenvalue weighted by Crippen LogP contribution is 2.20. The van der Waals surface area contributed by atoms with Gasteiger partial charge >= 0.3 is 23.9 Å². The lowest BCUT2D eigenvalue weighted by molar-refractivity contribution is -0.0307. The Kier molecular flexibility index (Phi) is 11.6. The predicted octanol–water partition coefficient (Wildman–Crippen LogP) is 6.49. The number of rotatable bonds is 14. The Morgan fingerprint density at radius 1 is 0.500 bits per heavy atom. The Morgan fingerprint density at radius 3 is 1.27 bits per heavy atom. The highest BCUT2D eigenvalue weighted by Gasteiger charge is 2.29. The molecule has 44 heavy (non-hydrogen) atoms. The van der Waals surface area contributed by atoms with Crippen LogP contribution < -0.4 is 0 Å². The molecule has 4 aromatic rings. The van der Waals surface area contributed by atoms with E-state index in [0.717, 1.165) is 0 Å². The van der Waals surface area contributed by atoms with Crippen molar-refractivity contribution in [3.05, 3.63) is 156 Å². The maximum Gasteiger partial charge on any atom is 0.338 e. The van der Waals surface area contributed by atoms with E-state index in [1.165, 1.54) is 6.08 Å². The van der Waals surface area contributed by atoms with Gasteiger partial charge in [-0.25, -0.2) is 19.2 Å². The van der Waals surface area contributed by atoms with Crippen LogP contribution in [0.4, 0.5) is 0 Å². The number of hydrogen-bond donors (Lipinski definition) is 0. The topological polar surface area (TPSA) is 105 Å². The first-order valence-electron chi connectivity index (χ1n) is 14.1. The molecule has 0 aromatic heterocycles. The lowest BCUT2D eigenvalue weighted by atomic mass is 10.0. The monoisotopic (exact) mass is 592 g/mol. The molecule has 0 fully saturated rings. The molecule has 0 bridgehead atoms. The molecular weight excluding hydrogens is 560 g/mol. The van der Waals surface area contributed by atoms with E-state index in [1.807, 2.05) is 0 Å². The number of hydrogen-bond acceptors (Lipinski definition) is 8. The van der Waals surface area contributed by atoms with E-state index in [2.05, 4.69) is 6.58 Å². The van der Waals surface area contributed by atoms with Crippen LogP contribution in [0.15, 0.2) is 134 Å². The minimum absolute atomic E-state index is 0.00661. The zero-order valence-electron chi connectivity index (χ0n) is 24.0. The third-order valence-corrected chi connectivity index (χ3v) is 6.53. The summed E-state index contributed by atoms with van der Waals surface area (Å²) in [5, 5.41) is 0. The summed E-state index contributed by atoms with van der Waals surface area (Å²) in [6.07, 6.45) is -1.42. The van der Waals surface area contributed by atoms with Crippen LogP contribution in [0.25, 0.3) is 0 Å². The second-order valence-electron chi connectivity index (χ2n) is 9.77. The van der Waals surface area contributed by atoms with Crippen LogP contribution in [0, 0.1) is 0 Å². The first-order valence-corrected chi connectivity index (χ1v) is 14.1. The van der Waals surface area contributed by atoms with Crippen molar-refractivity contribution in [1.29, 1.82) is 0 Å². The minimum Gasteiger partial charge on any atom is -0.458 e. The van der Waals surface area contributed by atoms with Crippen molar-refractivity contribution in [3.8, 4) is 0 Å². The van der Waals surface area contributed by atoms with Crippen LogP contribution in [0.2, 0.25) is 0 Å². The van der Waals surface area contributed by atoms with Crippen molar-refractivity contribution in [2.45, 2.75) is 31.2 Å². The van der Waals surface area contributed by atoms with Gasteiger partial charge in [0.1, 0.15) is 24.9 Å². The normalized spacial score (nSPS) is 12.5. The van der Waals surface area contributed by atoms with Crippen molar-refractivity contribution in [3.63, 3.8) is 0 Å². The van der Waals surface area contributed by atoms with Crippen LogP contribution >= 0.6 is 0 Å². The zero-order valence-corrected chi connectivity index (χ0v) is 24.0. The molecule has 0 spiro atoms. The van der Waals surface area contributed by atoms with E-state index < -0.39 is 42.2 Å². The minimum atomic E-state index is -1.01. The van der Waals surface area contributed by atoms with Gasteiger partial charge in [0.25, 0.3) is 0 Å². The molecule has 8 heteroatoms. The third kappa shape index (κ3) is 9.52. The molecule has 224 valence electrons. The Labute approximate surface area is 255 Å². The summed E-state index contributed by atoms with van der Waals surface area (Å²) in [6.45, 7) is 3.47. The number of ether oxygens (including phenoxy) is 4. The third-order valence-electron chi connectivity index (χ3n) is 6.53. The first kappa shape index (κ1) is 31.4. The van der Waals surface area contributed by atoms with Crippen LogP contribution in [0.3, 0.4) is 0 Å². The molecule has 0 aliphatic rings. The quantitative estimate of drug-likeness (QED) is 0.0930. The number of benzene rings is 4. The van der Waals surface area contributed by atoms with E-state index >= 15 is 0 Å². The average Bonchev–Trinajstić information content (AvgIpc) is 3.08.